The molecule has 10 heteroatoms. The van der Waals surface area contributed by atoms with Gasteiger partial charge in [0.15, 0.2) is 0 Å². The third-order valence-corrected chi connectivity index (χ3v) is 9.36. The molecule has 2 N–H and O–H groups in total. The first-order valence-electron chi connectivity index (χ1n) is 14.5. The van der Waals surface area contributed by atoms with E-state index in [-0.39, 0.29) is 36.7 Å². The number of amides is 2. The van der Waals surface area contributed by atoms with Gasteiger partial charge in [-0.2, -0.15) is 0 Å². The Bertz CT molecular complexity index is 1170. The van der Waals surface area contributed by atoms with Crippen LogP contribution in [0.3, 0.4) is 0 Å². The Morgan fingerprint density at radius 3 is 2.71 bits per heavy atom. The zero-order chi connectivity index (χ0) is 29.4. The molecule has 41 heavy (non-hydrogen) atoms. The predicted molar refractivity (Wildman–Crippen MR) is 168 cm³/mol. The quantitative estimate of drug-likeness (QED) is 0.227. The van der Waals surface area contributed by atoms with Gasteiger partial charge in [-0.25, -0.2) is 8.78 Å². The maximum absolute atomic E-state index is 14.0. The maximum Gasteiger partial charge on any atom is 0.260 e. The van der Waals surface area contributed by atoms with E-state index in [1.807, 2.05) is 29.2 Å². The third-order valence-electron chi connectivity index (χ3n) is 8.17. The van der Waals surface area contributed by atoms with Gasteiger partial charge in [0.1, 0.15) is 0 Å². The first-order chi connectivity index (χ1) is 19.7. The molecule has 0 spiro atoms. The van der Waals surface area contributed by atoms with Crippen molar-refractivity contribution in [2.45, 2.75) is 67.4 Å². The average molecular weight is 701 g/mol. The van der Waals surface area contributed by atoms with Crippen molar-refractivity contribution in [2.75, 3.05) is 39.3 Å². The number of hydrogen-bond donors (Lipinski definition) is 2. The van der Waals surface area contributed by atoms with Crippen LogP contribution in [0.15, 0.2) is 48.5 Å². The van der Waals surface area contributed by atoms with Crippen molar-refractivity contribution in [3.8, 4) is 0 Å². The van der Waals surface area contributed by atoms with Crippen LogP contribution >= 0.6 is 34.2 Å². The van der Waals surface area contributed by atoms with Crippen molar-refractivity contribution in [1.82, 2.24) is 20.4 Å². The molecule has 0 bridgehead atoms. The van der Waals surface area contributed by atoms with E-state index in [0.29, 0.717) is 67.0 Å². The summed E-state index contributed by atoms with van der Waals surface area (Å²) < 4.78 is 28.8. The smallest absolute Gasteiger partial charge is 0.260 e. The second-order valence-corrected chi connectivity index (χ2v) is 12.3. The molecule has 2 saturated heterocycles. The topological polar surface area (TPSA) is 64.7 Å². The molecule has 0 unspecified atom stereocenters. The zero-order valence-corrected chi connectivity index (χ0v) is 26.5. The van der Waals surface area contributed by atoms with Gasteiger partial charge in [0.2, 0.25) is 5.91 Å². The summed E-state index contributed by atoms with van der Waals surface area (Å²) in [5.41, 5.74) is 2.65. The van der Waals surface area contributed by atoms with Crippen LogP contribution < -0.4 is 10.6 Å². The summed E-state index contributed by atoms with van der Waals surface area (Å²) >= 11 is 8.44. The van der Waals surface area contributed by atoms with Crippen LogP contribution in [0.4, 0.5) is 8.78 Å². The molecule has 2 fully saturated rings. The summed E-state index contributed by atoms with van der Waals surface area (Å²) in [5, 5.41) is 7.14. The Morgan fingerprint density at radius 1 is 1.22 bits per heavy atom. The van der Waals surface area contributed by atoms with E-state index in [9.17, 15) is 18.4 Å². The number of nitrogens with one attached hydrogen (secondary N) is 2. The molecular weight excluding hydrogens is 661 g/mol. The third kappa shape index (κ3) is 9.08. The van der Waals surface area contributed by atoms with Crippen LogP contribution in [0.2, 0.25) is 5.02 Å². The highest BCUT2D eigenvalue weighted by molar-refractivity contribution is 14.1. The lowest BCUT2D eigenvalue weighted by molar-refractivity contribution is -0.133. The van der Waals surface area contributed by atoms with Crippen molar-refractivity contribution in [1.29, 1.82) is 0 Å². The van der Waals surface area contributed by atoms with Crippen LogP contribution in [0.5, 0.6) is 0 Å². The van der Waals surface area contributed by atoms with Gasteiger partial charge < -0.3 is 15.5 Å². The highest BCUT2D eigenvalue weighted by Crippen LogP contribution is 2.27. The lowest BCUT2D eigenvalue weighted by Crippen LogP contribution is -2.51. The number of halogens is 4. The molecule has 0 radical (unpaired) electrons. The number of carbonyl (C=O) groups excluding carboxylic acids is 2. The van der Waals surface area contributed by atoms with E-state index in [2.05, 4.69) is 52.3 Å². The zero-order valence-electron chi connectivity index (χ0n) is 23.6. The van der Waals surface area contributed by atoms with E-state index in [4.69, 9.17) is 11.6 Å². The van der Waals surface area contributed by atoms with Gasteiger partial charge in [-0.3, -0.25) is 14.5 Å². The molecule has 2 heterocycles. The summed E-state index contributed by atoms with van der Waals surface area (Å²) in [5.74, 6) is -2.67. The molecule has 2 aliphatic heterocycles. The van der Waals surface area contributed by atoms with Crippen molar-refractivity contribution >= 4 is 46.0 Å². The Kier molecular flexibility index (Phi) is 11.8. The number of likely N-dealkylation sites (tertiary alicyclic amines) is 1. The monoisotopic (exact) mass is 700 g/mol. The van der Waals surface area contributed by atoms with Crippen LogP contribution in [-0.2, 0) is 9.22 Å². The minimum absolute atomic E-state index is 0.00126. The van der Waals surface area contributed by atoms with E-state index in [1.165, 1.54) is 5.56 Å². The molecule has 224 valence electrons. The van der Waals surface area contributed by atoms with E-state index < -0.39 is 12.0 Å². The fourth-order valence-electron chi connectivity index (χ4n) is 5.78. The largest absolute Gasteiger partial charge is 0.350 e. The minimum atomic E-state index is -2.68. The summed E-state index contributed by atoms with van der Waals surface area (Å²) in [6.07, 6.45) is 2.39. The second-order valence-electron chi connectivity index (χ2n) is 11.2. The molecule has 2 aromatic rings. The van der Waals surface area contributed by atoms with Gasteiger partial charge >= 0.3 is 0 Å². The normalized spacial score (nSPS) is 22.3. The fourth-order valence-corrected chi connectivity index (χ4v) is 6.82. The first-order valence-corrected chi connectivity index (χ1v) is 16.4. The summed E-state index contributed by atoms with van der Waals surface area (Å²) in [4.78, 5) is 30.5. The van der Waals surface area contributed by atoms with Gasteiger partial charge in [0.25, 0.3) is 11.8 Å². The van der Waals surface area contributed by atoms with Crippen LogP contribution in [0, 0.1) is 0 Å². The van der Waals surface area contributed by atoms with Gasteiger partial charge in [0, 0.05) is 59.6 Å². The fraction of sp³-hybridized carbons (Fsp3) is 0.548. The maximum atomic E-state index is 14.0. The standard InChI is InChI=1S/C31H40ClF2IN4O2/c1-2-22(23-7-4-3-5-8-23)20-39-16-11-26(19-36-29(40)24-9-10-27(32)25(17-24)18-35)37-28(30(39)41)12-15-38-14-6-13-31(33,34)21-38/h3-5,7-10,17,22,26,28,37H,2,6,11-16,18-21H2,1H3,(H,36,40)/t22-,26+,28+/m1/s1. The Labute approximate surface area is 260 Å². The van der Waals surface area contributed by atoms with Crippen molar-refractivity contribution in [3.05, 3.63) is 70.2 Å². The molecule has 2 aromatic carbocycles. The van der Waals surface area contributed by atoms with E-state index in [1.54, 1.807) is 17.0 Å². The average Bonchev–Trinajstić information content (AvgIpc) is 3.11. The highest BCUT2D eigenvalue weighted by atomic mass is 127. The molecular formula is C31H40ClF2IN4O2. The Hall–Kier alpha value is -1.82. The highest BCUT2D eigenvalue weighted by Gasteiger charge is 2.37. The molecule has 4 rings (SSSR count). The molecule has 0 aliphatic carbocycles. The lowest BCUT2D eigenvalue weighted by atomic mass is 9.95. The van der Waals surface area contributed by atoms with Gasteiger partial charge in [0.05, 0.1) is 12.6 Å². The molecule has 3 atom stereocenters. The lowest BCUT2D eigenvalue weighted by Gasteiger charge is -2.34. The van der Waals surface area contributed by atoms with E-state index >= 15 is 0 Å². The van der Waals surface area contributed by atoms with Crippen molar-refractivity contribution in [2.24, 2.45) is 0 Å². The number of piperidine rings is 1. The predicted octanol–water partition coefficient (Wildman–Crippen LogP) is 5.88. The number of carbonyl (C=O) groups is 2. The molecule has 6 nitrogen and oxygen atoms in total. The van der Waals surface area contributed by atoms with Gasteiger partial charge in [-0.15, -0.1) is 0 Å². The van der Waals surface area contributed by atoms with Gasteiger partial charge in [-0.1, -0.05) is 71.4 Å². The van der Waals surface area contributed by atoms with Crippen LogP contribution in [-0.4, -0.2) is 78.9 Å². The molecule has 0 saturated carbocycles. The minimum Gasteiger partial charge on any atom is -0.350 e. The SMILES string of the molecule is CC[C@H](CN1CC[C@@H](CNC(=O)c2ccc(Cl)c(CI)c2)N[C@@H](CCN2CCCC(F)(F)C2)C1=O)c1ccccc1. The second kappa shape index (κ2) is 15.1. The molecule has 2 amide bonds. The van der Waals surface area contributed by atoms with Crippen molar-refractivity contribution in [3.63, 3.8) is 0 Å². The van der Waals surface area contributed by atoms with Crippen LogP contribution in [0.25, 0.3) is 0 Å². The molecule has 0 aromatic heterocycles. The van der Waals surface area contributed by atoms with Gasteiger partial charge in [-0.05, 0) is 61.6 Å². The molecule has 2 aliphatic rings. The number of hydrogen-bond acceptors (Lipinski definition) is 4. The Balaban J connectivity index is 1.45. The summed E-state index contributed by atoms with van der Waals surface area (Å²) in [7, 11) is 0. The number of benzene rings is 2. The first kappa shape index (κ1) is 32.1. The number of rotatable bonds is 11. The van der Waals surface area contributed by atoms with E-state index in [0.717, 1.165) is 12.0 Å². The van der Waals surface area contributed by atoms with Crippen LogP contribution in [0.1, 0.15) is 66.4 Å². The number of alkyl halides is 3. The van der Waals surface area contributed by atoms with Crippen molar-refractivity contribution < 1.29 is 18.4 Å². The summed E-state index contributed by atoms with van der Waals surface area (Å²) in [6, 6.07) is 14.8. The number of nitrogens with zero attached hydrogens (tertiary/aromatic N) is 2. The Morgan fingerprint density at radius 2 is 2.00 bits per heavy atom. The summed E-state index contributed by atoms with van der Waals surface area (Å²) in [6.45, 7) is 4.43.